The van der Waals surface area contributed by atoms with Crippen molar-refractivity contribution in [1.29, 1.82) is 0 Å². The van der Waals surface area contributed by atoms with Gasteiger partial charge in [-0.3, -0.25) is 0 Å². The molecule has 132 valence electrons. The third kappa shape index (κ3) is 4.35. The van der Waals surface area contributed by atoms with Gasteiger partial charge in [0, 0.05) is 34.6 Å². The Bertz CT molecular complexity index is 763. The number of rotatable bonds is 4. The summed E-state index contributed by atoms with van der Waals surface area (Å²) in [5, 5.41) is 3.14. The highest BCUT2D eigenvalue weighted by atomic mass is 35.5. The lowest BCUT2D eigenvalue weighted by Crippen LogP contribution is -2.34. The first kappa shape index (κ1) is 17.8. The SMILES string of the molecule is O=C(Nc1cccc(OC(F)F)c1)N1CCSC1c1ccccc1Cl. The van der Waals surface area contributed by atoms with Crippen LogP contribution in [0.1, 0.15) is 10.9 Å². The number of urea groups is 1. The van der Waals surface area contributed by atoms with Crippen LogP contribution in [0.25, 0.3) is 0 Å². The summed E-state index contributed by atoms with van der Waals surface area (Å²) in [6.07, 6.45) is 0. The van der Waals surface area contributed by atoms with Crippen molar-refractivity contribution in [2.75, 3.05) is 17.6 Å². The average molecular weight is 385 g/mol. The van der Waals surface area contributed by atoms with E-state index in [1.807, 2.05) is 18.2 Å². The quantitative estimate of drug-likeness (QED) is 0.785. The lowest BCUT2D eigenvalue weighted by Gasteiger charge is -2.25. The van der Waals surface area contributed by atoms with E-state index in [1.54, 1.807) is 28.8 Å². The van der Waals surface area contributed by atoms with E-state index in [0.717, 1.165) is 11.3 Å². The van der Waals surface area contributed by atoms with Gasteiger partial charge in [-0.25, -0.2) is 4.79 Å². The summed E-state index contributed by atoms with van der Waals surface area (Å²) in [5.41, 5.74) is 1.26. The minimum absolute atomic E-state index is 0.00810. The van der Waals surface area contributed by atoms with Crippen molar-refractivity contribution in [3.8, 4) is 5.75 Å². The molecule has 1 aliphatic rings. The summed E-state index contributed by atoms with van der Waals surface area (Å²) < 4.78 is 29.0. The van der Waals surface area contributed by atoms with Crippen LogP contribution in [0, 0.1) is 0 Å². The molecule has 1 atom stereocenters. The van der Waals surface area contributed by atoms with Gasteiger partial charge in [0.1, 0.15) is 11.1 Å². The van der Waals surface area contributed by atoms with Crippen LogP contribution in [0.5, 0.6) is 5.75 Å². The molecule has 0 radical (unpaired) electrons. The van der Waals surface area contributed by atoms with Gasteiger partial charge in [-0.05, 0) is 18.2 Å². The number of ether oxygens (including phenoxy) is 1. The van der Waals surface area contributed by atoms with Gasteiger partial charge in [-0.1, -0.05) is 35.9 Å². The summed E-state index contributed by atoms with van der Waals surface area (Å²) in [6, 6.07) is 13.0. The van der Waals surface area contributed by atoms with E-state index in [9.17, 15) is 13.6 Å². The fourth-order valence-electron chi connectivity index (χ4n) is 2.56. The summed E-state index contributed by atoms with van der Waals surface area (Å²) in [5.74, 6) is 0.781. The Hall–Kier alpha value is -1.99. The summed E-state index contributed by atoms with van der Waals surface area (Å²) in [7, 11) is 0. The molecule has 1 heterocycles. The van der Waals surface area contributed by atoms with E-state index in [0.29, 0.717) is 17.3 Å². The summed E-state index contributed by atoms with van der Waals surface area (Å²) >= 11 is 7.87. The van der Waals surface area contributed by atoms with Crippen molar-refractivity contribution in [2.24, 2.45) is 0 Å². The van der Waals surface area contributed by atoms with E-state index in [4.69, 9.17) is 11.6 Å². The molecule has 1 aliphatic heterocycles. The van der Waals surface area contributed by atoms with Crippen LogP contribution in [0.2, 0.25) is 5.02 Å². The first-order chi connectivity index (χ1) is 12.0. The lowest BCUT2D eigenvalue weighted by atomic mass is 10.2. The molecule has 1 fully saturated rings. The van der Waals surface area contributed by atoms with E-state index in [-0.39, 0.29) is 17.2 Å². The van der Waals surface area contributed by atoms with Crippen molar-refractivity contribution >= 4 is 35.1 Å². The second kappa shape index (κ2) is 7.93. The molecule has 4 nitrogen and oxygen atoms in total. The van der Waals surface area contributed by atoms with Crippen LogP contribution < -0.4 is 10.1 Å². The number of hydrogen-bond acceptors (Lipinski definition) is 3. The van der Waals surface area contributed by atoms with Crippen LogP contribution >= 0.6 is 23.4 Å². The molecular weight excluding hydrogens is 370 g/mol. The topological polar surface area (TPSA) is 41.6 Å². The first-order valence-corrected chi connectivity index (χ1v) is 8.96. The van der Waals surface area contributed by atoms with Crippen LogP contribution in [0.4, 0.5) is 19.3 Å². The number of nitrogens with zero attached hydrogens (tertiary/aromatic N) is 1. The molecule has 2 aromatic rings. The van der Waals surface area contributed by atoms with Crippen LogP contribution in [0.15, 0.2) is 48.5 Å². The van der Waals surface area contributed by atoms with Crippen molar-refractivity contribution < 1.29 is 18.3 Å². The second-order valence-corrected chi connectivity index (χ2v) is 6.87. The molecule has 1 unspecified atom stereocenters. The Morgan fingerprint density at radius 1 is 1.28 bits per heavy atom. The number of carbonyl (C=O) groups is 1. The molecule has 0 saturated carbocycles. The van der Waals surface area contributed by atoms with Gasteiger partial charge < -0.3 is 15.0 Å². The number of amides is 2. The van der Waals surface area contributed by atoms with E-state index in [2.05, 4.69) is 10.1 Å². The monoisotopic (exact) mass is 384 g/mol. The molecule has 8 heteroatoms. The average Bonchev–Trinajstić information content (AvgIpc) is 3.04. The number of alkyl halides is 2. The highest BCUT2D eigenvalue weighted by Crippen LogP contribution is 2.41. The molecule has 1 N–H and O–H groups in total. The van der Waals surface area contributed by atoms with Gasteiger partial charge in [-0.15, -0.1) is 11.8 Å². The molecule has 2 amide bonds. The minimum Gasteiger partial charge on any atom is -0.435 e. The number of hydrogen-bond donors (Lipinski definition) is 1. The van der Waals surface area contributed by atoms with Crippen LogP contribution in [0.3, 0.4) is 0 Å². The van der Waals surface area contributed by atoms with E-state index in [1.165, 1.54) is 18.2 Å². The maximum atomic E-state index is 12.6. The zero-order valence-electron chi connectivity index (χ0n) is 13.0. The van der Waals surface area contributed by atoms with Gasteiger partial charge in [0.05, 0.1) is 0 Å². The molecular formula is C17H15ClF2N2O2S. The van der Waals surface area contributed by atoms with Crippen LogP contribution in [-0.4, -0.2) is 29.8 Å². The number of benzene rings is 2. The van der Waals surface area contributed by atoms with Gasteiger partial charge in [0.15, 0.2) is 0 Å². The molecule has 25 heavy (non-hydrogen) atoms. The van der Waals surface area contributed by atoms with E-state index >= 15 is 0 Å². The molecule has 0 spiro atoms. The largest absolute Gasteiger partial charge is 0.435 e. The van der Waals surface area contributed by atoms with Crippen molar-refractivity contribution in [1.82, 2.24) is 4.90 Å². The summed E-state index contributed by atoms with van der Waals surface area (Å²) in [4.78, 5) is 14.3. The normalized spacial score (nSPS) is 17.0. The molecule has 2 aromatic carbocycles. The third-order valence-corrected chi connectivity index (χ3v) is 5.22. The fraction of sp³-hybridized carbons (Fsp3) is 0.235. The number of halogens is 3. The fourth-order valence-corrected chi connectivity index (χ4v) is 4.15. The Kier molecular flexibility index (Phi) is 5.65. The molecule has 0 bridgehead atoms. The van der Waals surface area contributed by atoms with Crippen molar-refractivity contribution in [3.63, 3.8) is 0 Å². The molecule has 0 aliphatic carbocycles. The molecule has 0 aromatic heterocycles. The Morgan fingerprint density at radius 2 is 2.08 bits per heavy atom. The Labute approximate surface area is 153 Å². The smallest absolute Gasteiger partial charge is 0.387 e. The Morgan fingerprint density at radius 3 is 2.84 bits per heavy atom. The number of carbonyl (C=O) groups excluding carboxylic acids is 1. The number of nitrogens with one attached hydrogen (secondary N) is 1. The molecule has 1 saturated heterocycles. The molecule has 3 rings (SSSR count). The highest BCUT2D eigenvalue weighted by molar-refractivity contribution is 7.99. The zero-order chi connectivity index (χ0) is 17.8. The highest BCUT2D eigenvalue weighted by Gasteiger charge is 2.31. The lowest BCUT2D eigenvalue weighted by molar-refractivity contribution is -0.0497. The standard InChI is InChI=1S/C17H15ClF2N2O2S/c18-14-7-2-1-6-13(14)15-22(8-9-25-15)17(23)21-11-4-3-5-12(10-11)24-16(19)20/h1-7,10,15-16H,8-9H2,(H,21,23). The number of thioether (sulfide) groups is 1. The predicted octanol–water partition coefficient (Wildman–Crippen LogP) is 5.22. The predicted molar refractivity (Wildman–Crippen MR) is 95.4 cm³/mol. The zero-order valence-corrected chi connectivity index (χ0v) is 14.6. The Balaban J connectivity index is 1.73. The van der Waals surface area contributed by atoms with Crippen LogP contribution in [-0.2, 0) is 0 Å². The van der Waals surface area contributed by atoms with Gasteiger partial charge in [-0.2, -0.15) is 8.78 Å². The van der Waals surface area contributed by atoms with Crippen molar-refractivity contribution in [2.45, 2.75) is 12.0 Å². The van der Waals surface area contributed by atoms with Crippen molar-refractivity contribution in [3.05, 3.63) is 59.1 Å². The third-order valence-electron chi connectivity index (χ3n) is 3.63. The first-order valence-electron chi connectivity index (χ1n) is 7.53. The summed E-state index contributed by atoms with van der Waals surface area (Å²) in [6.45, 7) is -2.34. The minimum atomic E-state index is -2.91. The van der Waals surface area contributed by atoms with Gasteiger partial charge in [0.25, 0.3) is 0 Å². The number of anilines is 1. The van der Waals surface area contributed by atoms with Gasteiger partial charge >= 0.3 is 12.6 Å². The maximum Gasteiger partial charge on any atom is 0.387 e. The van der Waals surface area contributed by atoms with E-state index < -0.39 is 6.61 Å². The second-order valence-electron chi connectivity index (χ2n) is 5.27. The maximum absolute atomic E-state index is 12.6. The van der Waals surface area contributed by atoms with Gasteiger partial charge in [0.2, 0.25) is 0 Å².